The molecule has 0 radical (unpaired) electrons. The number of nitrogens with two attached hydrogens (primary N) is 1. The van der Waals surface area contributed by atoms with Crippen LogP contribution in [-0.2, 0) is 19.5 Å². The Morgan fingerprint density at radius 2 is 2.05 bits per heavy atom. The van der Waals surface area contributed by atoms with Crippen LogP contribution in [0.25, 0.3) is 11.3 Å². The van der Waals surface area contributed by atoms with Gasteiger partial charge in [-0.3, -0.25) is 9.59 Å². The first-order valence-electron chi connectivity index (χ1n) is 11.1. The van der Waals surface area contributed by atoms with Crippen molar-refractivity contribution >= 4 is 56.3 Å². The summed E-state index contributed by atoms with van der Waals surface area (Å²) in [6.07, 6.45) is 5.20. The number of pyridine rings is 1. The van der Waals surface area contributed by atoms with Gasteiger partial charge in [0.25, 0.3) is 11.5 Å². The summed E-state index contributed by atoms with van der Waals surface area (Å²) in [7, 11) is 0. The number of para-hydroxylation sites is 1. The van der Waals surface area contributed by atoms with Crippen LogP contribution in [0.15, 0.2) is 80.9 Å². The SMILES string of the molecule is Nc1ccccc1C(=O)n1nc(-c2cc(Br)c(=O)n(CCc3ncco3)c2)cc1NCc1ccc(Cl)s1. The molecule has 5 rings (SSSR count). The Labute approximate surface area is 228 Å². The molecule has 0 spiro atoms. The third-order valence-corrected chi connectivity index (χ3v) is 7.35. The molecule has 188 valence electrons. The average Bonchev–Trinajstić information content (AvgIpc) is 3.65. The average molecular weight is 600 g/mol. The van der Waals surface area contributed by atoms with Crippen molar-refractivity contribution in [2.45, 2.75) is 19.5 Å². The molecule has 0 aliphatic carbocycles. The topological polar surface area (TPSA) is 121 Å². The molecule has 3 N–H and O–H groups in total. The Morgan fingerprint density at radius 1 is 1.22 bits per heavy atom. The van der Waals surface area contributed by atoms with Gasteiger partial charge in [-0.15, -0.1) is 11.3 Å². The van der Waals surface area contributed by atoms with Crippen molar-refractivity contribution in [1.82, 2.24) is 19.3 Å². The van der Waals surface area contributed by atoms with Crippen LogP contribution in [0.4, 0.5) is 11.5 Å². The van der Waals surface area contributed by atoms with Gasteiger partial charge in [-0.2, -0.15) is 9.78 Å². The number of halogens is 2. The fraction of sp³-hybridized carbons (Fsp3) is 0.120. The van der Waals surface area contributed by atoms with Gasteiger partial charge in [-0.25, -0.2) is 4.98 Å². The quantitative estimate of drug-likeness (QED) is 0.232. The summed E-state index contributed by atoms with van der Waals surface area (Å²) in [6.45, 7) is 0.801. The number of nitrogens with one attached hydrogen (secondary N) is 1. The Kier molecular flexibility index (Phi) is 7.26. The fourth-order valence-electron chi connectivity index (χ4n) is 3.73. The molecule has 0 aliphatic heterocycles. The number of nitrogen functional groups attached to an aromatic ring is 1. The normalized spacial score (nSPS) is 11.1. The van der Waals surface area contributed by atoms with Crippen LogP contribution in [0.1, 0.15) is 21.1 Å². The van der Waals surface area contributed by atoms with Gasteiger partial charge in [0.2, 0.25) is 0 Å². The van der Waals surface area contributed by atoms with Crippen molar-refractivity contribution in [2.24, 2.45) is 0 Å². The fourth-order valence-corrected chi connectivity index (χ4v) is 5.23. The van der Waals surface area contributed by atoms with Gasteiger partial charge in [0.15, 0.2) is 5.89 Å². The molecule has 4 heterocycles. The maximum atomic E-state index is 13.5. The first-order chi connectivity index (χ1) is 17.9. The Balaban J connectivity index is 1.51. The van der Waals surface area contributed by atoms with E-state index >= 15 is 0 Å². The number of anilines is 2. The van der Waals surface area contributed by atoms with Crippen LogP contribution in [-0.4, -0.2) is 25.2 Å². The van der Waals surface area contributed by atoms with Gasteiger partial charge in [-0.05, 0) is 46.3 Å². The van der Waals surface area contributed by atoms with Gasteiger partial charge < -0.3 is 20.0 Å². The van der Waals surface area contributed by atoms with Crippen LogP contribution >= 0.6 is 38.9 Å². The third kappa shape index (κ3) is 5.53. The van der Waals surface area contributed by atoms with E-state index < -0.39 is 0 Å². The van der Waals surface area contributed by atoms with E-state index in [9.17, 15) is 9.59 Å². The third-order valence-electron chi connectivity index (χ3n) is 5.55. The van der Waals surface area contributed by atoms with Crippen molar-refractivity contribution < 1.29 is 9.21 Å². The molecule has 12 heteroatoms. The number of hydrogen-bond donors (Lipinski definition) is 2. The van der Waals surface area contributed by atoms with Crippen LogP contribution in [0.3, 0.4) is 0 Å². The molecular formula is C25H20BrClN6O3S. The second-order valence-corrected chi connectivity index (χ2v) is 10.7. The number of carbonyl (C=O) groups is 1. The van der Waals surface area contributed by atoms with Crippen LogP contribution in [0, 0.1) is 0 Å². The van der Waals surface area contributed by atoms with Gasteiger partial charge >= 0.3 is 0 Å². The number of thiophene rings is 1. The van der Waals surface area contributed by atoms with Crippen molar-refractivity contribution in [2.75, 3.05) is 11.1 Å². The van der Waals surface area contributed by atoms with Crippen LogP contribution in [0.5, 0.6) is 0 Å². The number of rotatable bonds is 8. The number of nitrogens with zero attached hydrogens (tertiary/aromatic N) is 4. The minimum Gasteiger partial charge on any atom is -0.449 e. The number of hydrogen-bond acceptors (Lipinski definition) is 8. The minimum atomic E-state index is -0.382. The van der Waals surface area contributed by atoms with E-state index in [1.165, 1.54) is 22.3 Å². The smallest absolute Gasteiger partial charge is 0.282 e. The molecule has 0 saturated heterocycles. The summed E-state index contributed by atoms with van der Waals surface area (Å²) < 4.78 is 9.17. The zero-order valence-electron chi connectivity index (χ0n) is 19.2. The van der Waals surface area contributed by atoms with Crippen molar-refractivity contribution in [3.63, 3.8) is 0 Å². The van der Waals surface area contributed by atoms with E-state index in [4.69, 9.17) is 21.8 Å². The minimum absolute atomic E-state index is 0.198. The maximum Gasteiger partial charge on any atom is 0.282 e. The number of aromatic nitrogens is 4. The lowest BCUT2D eigenvalue weighted by Gasteiger charge is -2.09. The van der Waals surface area contributed by atoms with E-state index in [2.05, 4.69) is 31.3 Å². The second-order valence-electron chi connectivity index (χ2n) is 8.03. The van der Waals surface area contributed by atoms with E-state index in [1.807, 2.05) is 12.1 Å². The molecule has 0 saturated carbocycles. The number of oxazole rings is 1. The van der Waals surface area contributed by atoms with Crippen LogP contribution < -0.4 is 16.6 Å². The van der Waals surface area contributed by atoms with Crippen molar-refractivity contribution in [3.8, 4) is 11.3 Å². The van der Waals surface area contributed by atoms with Gasteiger partial charge in [-0.1, -0.05) is 23.7 Å². The highest BCUT2D eigenvalue weighted by Crippen LogP contribution is 2.27. The van der Waals surface area contributed by atoms with Gasteiger partial charge in [0, 0.05) is 41.4 Å². The zero-order chi connectivity index (χ0) is 25.9. The lowest BCUT2D eigenvalue weighted by atomic mass is 10.2. The Hall–Kier alpha value is -3.67. The Morgan fingerprint density at radius 3 is 2.78 bits per heavy atom. The van der Waals surface area contributed by atoms with E-state index in [0.29, 0.717) is 62.5 Å². The monoisotopic (exact) mass is 598 g/mol. The summed E-state index contributed by atoms with van der Waals surface area (Å²) >= 11 is 10.9. The summed E-state index contributed by atoms with van der Waals surface area (Å²) in [5.41, 5.74) is 7.70. The molecule has 0 unspecified atom stereocenters. The zero-order valence-corrected chi connectivity index (χ0v) is 22.4. The van der Waals surface area contributed by atoms with Crippen LogP contribution in [0.2, 0.25) is 4.34 Å². The number of benzene rings is 1. The molecule has 0 fully saturated rings. The van der Waals surface area contributed by atoms with Gasteiger partial charge in [0.05, 0.1) is 32.8 Å². The number of aryl methyl sites for hydroxylation is 2. The summed E-state index contributed by atoms with van der Waals surface area (Å²) in [5, 5.41) is 7.87. The second kappa shape index (κ2) is 10.8. The molecule has 0 bridgehead atoms. The summed E-state index contributed by atoms with van der Waals surface area (Å²) in [6, 6.07) is 14.0. The molecule has 0 amide bonds. The first-order valence-corrected chi connectivity index (χ1v) is 13.1. The molecule has 0 aliphatic rings. The van der Waals surface area contributed by atoms with Crippen molar-refractivity contribution in [1.29, 1.82) is 0 Å². The molecule has 9 nitrogen and oxygen atoms in total. The summed E-state index contributed by atoms with van der Waals surface area (Å²) in [4.78, 5) is 31.3. The lowest BCUT2D eigenvalue weighted by molar-refractivity contribution is 0.0948. The molecule has 1 aromatic carbocycles. The lowest BCUT2D eigenvalue weighted by Crippen LogP contribution is -2.21. The van der Waals surface area contributed by atoms with E-state index in [-0.39, 0.29) is 11.5 Å². The Bertz CT molecular complexity index is 1630. The predicted molar refractivity (Wildman–Crippen MR) is 147 cm³/mol. The van der Waals surface area contributed by atoms with E-state index in [0.717, 1.165) is 4.88 Å². The van der Waals surface area contributed by atoms with Gasteiger partial charge in [0.1, 0.15) is 12.1 Å². The first kappa shape index (κ1) is 25.0. The standard InChI is InChI=1S/C25H20BrClN6O3S/c26-18-11-15(14-32(25(18)35)9-7-23-29-8-10-36-23)20-12-22(30-13-16-5-6-21(27)37-16)33(31-20)24(34)17-3-1-2-4-19(17)28/h1-6,8,10-12,14,30H,7,9,13,28H2. The predicted octanol–water partition coefficient (Wildman–Crippen LogP) is 5.30. The molecule has 0 atom stereocenters. The molecule has 37 heavy (non-hydrogen) atoms. The number of carbonyl (C=O) groups excluding carboxylic acids is 1. The highest BCUT2D eigenvalue weighted by Gasteiger charge is 2.20. The van der Waals surface area contributed by atoms with E-state index in [1.54, 1.807) is 53.4 Å². The molecule has 4 aromatic heterocycles. The largest absolute Gasteiger partial charge is 0.449 e. The highest BCUT2D eigenvalue weighted by molar-refractivity contribution is 9.10. The highest BCUT2D eigenvalue weighted by atomic mass is 79.9. The molecule has 5 aromatic rings. The maximum absolute atomic E-state index is 13.5. The summed E-state index contributed by atoms with van der Waals surface area (Å²) in [5.74, 6) is 0.623. The molecular weight excluding hydrogens is 580 g/mol. The van der Waals surface area contributed by atoms with Crippen molar-refractivity contribution in [3.05, 3.63) is 103 Å².